The summed E-state index contributed by atoms with van der Waals surface area (Å²) in [6.45, 7) is 5.81. The standard InChI is InChI=1S/C13H19NO2/c1-4-10-7-6-8-11(5-2)12(10)14-9(3)13(15)16/h6-9,14H,4-5H2,1-3H3,(H,15,16)/t9-/m1/s1. The lowest BCUT2D eigenvalue weighted by Crippen LogP contribution is -2.26. The van der Waals surface area contributed by atoms with Gasteiger partial charge >= 0.3 is 5.97 Å². The molecule has 0 aliphatic heterocycles. The summed E-state index contributed by atoms with van der Waals surface area (Å²) in [6.07, 6.45) is 1.81. The number of benzene rings is 1. The lowest BCUT2D eigenvalue weighted by Gasteiger charge is -2.17. The number of para-hydroxylation sites is 1. The van der Waals surface area contributed by atoms with E-state index in [9.17, 15) is 4.79 Å². The summed E-state index contributed by atoms with van der Waals surface area (Å²) in [5.41, 5.74) is 3.34. The van der Waals surface area contributed by atoms with E-state index in [1.54, 1.807) is 6.92 Å². The minimum absolute atomic E-state index is 0.557. The second kappa shape index (κ2) is 5.54. The van der Waals surface area contributed by atoms with Gasteiger partial charge in [-0.25, -0.2) is 0 Å². The Morgan fingerprint density at radius 2 is 1.81 bits per heavy atom. The quantitative estimate of drug-likeness (QED) is 0.803. The van der Waals surface area contributed by atoms with Gasteiger partial charge in [0, 0.05) is 5.69 Å². The first kappa shape index (κ1) is 12.6. The molecule has 16 heavy (non-hydrogen) atoms. The van der Waals surface area contributed by atoms with Gasteiger partial charge < -0.3 is 10.4 Å². The lowest BCUT2D eigenvalue weighted by atomic mass is 10.0. The molecule has 0 saturated heterocycles. The first-order chi connectivity index (χ1) is 7.60. The molecule has 1 aromatic carbocycles. The molecule has 3 heteroatoms. The van der Waals surface area contributed by atoms with Gasteiger partial charge in [0.1, 0.15) is 6.04 Å². The number of carboxylic acids is 1. The van der Waals surface area contributed by atoms with Crippen LogP contribution in [0.2, 0.25) is 0 Å². The lowest BCUT2D eigenvalue weighted by molar-refractivity contribution is -0.137. The average Bonchev–Trinajstić information content (AvgIpc) is 2.29. The van der Waals surface area contributed by atoms with Gasteiger partial charge in [-0.15, -0.1) is 0 Å². The molecule has 1 atom stereocenters. The topological polar surface area (TPSA) is 49.3 Å². The van der Waals surface area contributed by atoms with E-state index in [2.05, 4.69) is 19.2 Å². The first-order valence-electron chi connectivity index (χ1n) is 5.70. The van der Waals surface area contributed by atoms with Gasteiger partial charge in [-0.2, -0.15) is 0 Å². The van der Waals surface area contributed by atoms with Gasteiger partial charge in [0.25, 0.3) is 0 Å². The molecule has 0 amide bonds. The van der Waals surface area contributed by atoms with E-state index in [0.717, 1.165) is 18.5 Å². The van der Waals surface area contributed by atoms with Crippen molar-refractivity contribution < 1.29 is 9.90 Å². The van der Waals surface area contributed by atoms with Crippen LogP contribution in [-0.4, -0.2) is 17.1 Å². The maximum Gasteiger partial charge on any atom is 0.325 e. The van der Waals surface area contributed by atoms with Crippen LogP contribution < -0.4 is 5.32 Å². The third-order valence-electron chi connectivity index (χ3n) is 2.73. The summed E-state index contributed by atoms with van der Waals surface area (Å²) in [7, 11) is 0. The van der Waals surface area contributed by atoms with E-state index in [-0.39, 0.29) is 0 Å². The third-order valence-corrected chi connectivity index (χ3v) is 2.73. The molecule has 0 aliphatic rings. The maximum atomic E-state index is 10.8. The second-order valence-electron chi connectivity index (χ2n) is 3.86. The Morgan fingerprint density at radius 3 is 2.19 bits per heavy atom. The highest BCUT2D eigenvalue weighted by Gasteiger charge is 2.14. The van der Waals surface area contributed by atoms with Crippen LogP contribution in [0.3, 0.4) is 0 Å². The van der Waals surface area contributed by atoms with Gasteiger partial charge in [-0.05, 0) is 30.9 Å². The Kier molecular flexibility index (Phi) is 4.35. The van der Waals surface area contributed by atoms with Crippen LogP contribution in [-0.2, 0) is 17.6 Å². The van der Waals surface area contributed by atoms with Crippen LogP contribution >= 0.6 is 0 Å². The molecule has 0 unspecified atom stereocenters. The predicted molar refractivity (Wildman–Crippen MR) is 65.9 cm³/mol. The third kappa shape index (κ3) is 2.75. The van der Waals surface area contributed by atoms with E-state index in [1.165, 1.54) is 11.1 Å². The molecule has 0 fully saturated rings. The molecule has 88 valence electrons. The fraction of sp³-hybridized carbons (Fsp3) is 0.462. The number of nitrogens with one attached hydrogen (secondary N) is 1. The summed E-state index contributed by atoms with van der Waals surface area (Å²) in [5.74, 6) is -0.826. The second-order valence-corrected chi connectivity index (χ2v) is 3.86. The first-order valence-corrected chi connectivity index (χ1v) is 5.70. The highest BCUT2D eigenvalue weighted by molar-refractivity contribution is 5.77. The summed E-state index contributed by atoms with van der Waals surface area (Å²) in [4.78, 5) is 10.8. The Balaban J connectivity index is 3.04. The molecule has 0 aromatic heterocycles. The number of aryl methyl sites for hydroxylation is 2. The van der Waals surface area contributed by atoms with E-state index in [0.29, 0.717) is 0 Å². The molecule has 0 bridgehead atoms. The van der Waals surface area contributed by atoms with Gasteiger partial charge in [-0.3, -0.25) is 4.79 Å². The predicted octanol–water partition coefficient (Wildman–Crippen LogP) is 2.70. The van der Waals surface area contributed by atoms with Crippen molar-refractivity contribution in [1.82, 2.24) is 0 Å². The molecule has 1 rings (SSSR count). The molecular formula is C13H19NO2. The normalized spacial score (nSPS) is 12.2. The van der Waals surface area contributed by atoms with Crippen LogP contribution in [0, 0.1) is 0 Å². The minimum atomic E-state index is -0.826. The van der Waals surface area contributed by atoms with Crippen molar-refractivity contribution in [2.24, 2.45) is 0 Å². The number of hydrogen-bond donors (Lipinski definition) is 2. The smallest absolute Gasteiger partial charge is 0.325 e. The van der Waals surface area contributed by atoms with Crippen molar-refractivity contribution in [2.75, 3.05) is 5.32 Å². The molecule has 0 aliphatic carbocycles. The molecular weight excluding hydrogens is 202 g/mol. The average molecular weight is 221 g/mol. The van der Waals surface area contributed by atoms with Crippen LogP contribution in [0.1, 0.15) is 31.9 Å². The SMILES string of the molecule is CCc1cccc(CC)c1N[C@H](C)C(=O)O. The van der Waals surface area contributed by atoms with Gasteiger partial charge in [0.05, 0.1) is 0 Å². The number of hydrogen-bond acceptors (Lipinski definition) is 2. The zero-order valence-electron chi connectivity index (χ0n) is 10.1. The molecule has 2 N–H and O–H groups in total. The fourth-order valence-corrected chi connectivity index (χ4v) is 1.71. The largest absolute Gasteiger partial charge is 0.480 e. The van der Waals surface area contributed by atoms with Crippen LogP contribution in [0.5, 0.6) is 0 Å². The van der Waals surface area contributed by atoms with Crippen LogP contribution in [0.4, 0.5) is 5.69 Å². The maximum absolute atomic E-state index is 10.8. The molecule has 0 saturated carbocycles. The van der Waals surface area contributed by atoms with Gasteiger partial charge in [0.15, 0.2) is 0 Å². The summed E-state index contributed by atoms with van der Waals surface area (Å²) >= 11 is 0. The van der Waals surface area contributed by atoms with Gasteiger partial charge in [0.2, 0.25) is 0 Å². The van der Waals surface area contributed by atoms with Crippen LogP contribution in [0.25, 0.3) is 0 Å². The number of anilines is 1. The van der Waals surface area contributed by atoms with Crippen molar-refractivity contribution in [3.05, 3.63) is 29.3 Å². The van der Waals surface area contributed by atoms with Crippen molar-refractivity contribution in [2.45, 2.75) is 39.7 Å². The highest BCUT2D eigenvalue weighted by Crippen LogP contribution is 2.23. The summed E-state index contributed by atoms with van der Waals surface area (Å²) in [6, 6.07) is 5.54. The van der Waals surface area contributed by atoms with Crippen molar-refractivity contribution in [3.8, 4) is 0 Å². The van der Waals surface area contributed by atoms with E-state index in [1.807, 2.05) is 18.2 Å². The highest BCUT2D eigenvalue weighted by atomic mass is 16.4. The van der Waals surface area contributed by atoms with Crippen molar-refractivity contribution >= 4 is 11.7 Å². The Labute approximate surface area is 96.5 Å². The van der Waals surface area contributed by atoms with E-state index < -0.39 is 12.0 Å². The number of carbonyl (C=O) groups is 1. The Bertz CT molecular complexity index is 352. The zero-order chi connectivity index (χ0) is 12.1. The monoisotopic (exact) mass is 221 g/mol. The summed E-state index contributed by atoms with van der Waals surface area (Å²) < 4.78 is 0. The van der Waals surface area contributed by atoms with Crippen molar-refractivity contribution in [1.29, 1.82) is 0 Å². The van der Waals surface area contributed by atoms with Crippen molar-refractivity contribution in [3.63, 3.8) is 0 Å². The Hall–Kier alpha value is -1.51. The Morgan fingerprint density at radius 1 is 1.31 bits per heavy atom. The molecule has 0 spiro atoms. The number of carboxylic acid groups (broad SMARTS) is 1. The zero-order valence-corrected chi connectivity index (χ0v) is 10.1. The fourth-order valence-electron chi connectivity index (χ4n) is 1.71. The molecule has 3 nitrogen and oxygen atoms in total. The number of rotatable bonds is 5. The minimum Gasteiger partial charge on any atom is -0.480 e. The molecule has 0 radical (unpaired) electrons. The molecule has 1 aromatic rings. The van der Waals surface area contributed by atoms with Gasteiger partial charge in [-0.1, -0.05) is 32.0 Å². The number of aliphatic carboxylic acids is 1. The summed E-state index contributed by atoms with van der Waals surface area (Å²) in [5, 5.41) is 12.0. The molecule has 0 heterocycles. The van der Waals surface area contributed by atoms with E-state index >= 15 is 0 Å². The van der Waals surface area contributed by atoms with Crippen LogP contribution in [0.15, 0.2) is 18.2 Å². The van der Waals surface area contributed by atoms with E-state index in [4.69, 9.17) is 5.11 Å².